The van der Waals surface area contributed by atoms with Crippen molar-refractivity contribution in [3.05, 3.63) is 15.5 Å². The molecule has 3 rings (SSSR count). The lowest BCUT2D eigenvalue weighted by Gasteiger charge is -2.36. The number of amides is 1. The van der Waals surface area contributed by atoms with Gasteiger partial charge < -0.3 is 10.2 Å². The van der Waals surface area contributed by atoms with Gasteiger partial charge in [-0.2, -0.15) is 5.10 Å². The van der Waals surface area contributed by atoms with Crippen molar-refractivity contribution in [2.45, 2.75) is 43.8 Å². The molecule has 2 aliphatic rings. The maximum absolute atomic E-state index is 12.1. The number of aromatic amines is 1. The van der Waals surface area contributed by atoms with Crippen LogP contribution < -0.4 is 5.32 Å². The molecule has 2 atom stereocenters. The molecule has 5 nitrogen and oxygen atoms in total. The fourth-order valence-electron chi connectivity index (χ4n) is 3.22. The molecule has 1 amide bonds. The summed E-state index contributed by atoms with van der Waals surface area (Å²) in [6.45, 7) is 0. The number of hydrogen-bond acceptors (Lipinski definition) is 3. The van der Waals surface area contributed by atoms with Crippen LogP contribution in [0.1, 0.15) is 36.2 Å². The fourth-order valence-corrected chi connectivity index (χ4v) is 3.72. The Hall–Kier alpha value is -0.630. The second-order valence-electron chi connectivity index (χ2n) is 5.29. The van der Waals surface area contributed by atoms with Gasteiger partial charge in [-0.25, -0.2) is 0 Å². The monoisotopic (exact) mass is 360 g/mol. The molecule has 6 heteroatoms. The molecule has 1 aromatic rings. The molecule has 2 N–H and O–H groups in total. The fraction of sp³-hybridized carbons (Fsp3) is 0.667. The van der Waals surface area contributed by atoms with Crippen LogP contribution in [0.25, 0.3) is 0 Å². The summed E-state index contributed by atoms with van der Waals surface area (Å²) >= 11 is 2.13. The molecular formula is C12H17IN4O. The predicted octanol–water partition coefficient (Wildman–Crippen LogP) is 1.37. The Balaban J connectivity index is 1.65. The summed E-state index contributed by atoms with van der Waals surface area (Å²) in [5, 5.41) is 9.79. The lowest BCUT2D eigenvalue weighted by atomic mass is 9.98. The average Bonchev–Trinajstić information content (AvgIpc) is 2.82. The minimum atomic E-state index is -0.0224. The number of aromatic nitrogens is 2. The molecule has 0 spiro atoms. The summed E-state index contributed by atoms with van der Waals surface area (Å²) in [5.41, 5.74) is 0.585. The molecule has 3 heterocycles. The molecule has 0 aliphatic carbocycles. The standard InChI is InChI=1S/C12H17IN4O/c1-17-8-2-3-9(17)5-7(4-8)15-12(18)11-10(13)6-14-16-11/h6-9H,2-5H2,1H3,(H,14,16)(H,15,18). The largest absolute Gasteiger partial charge is 0.348 e. The predicted molar refractivity (Wildman–Crippen MR) is 76.4 cm³/mol. The smallest absolute Gasteiger partial charge is 0.270 e. The highest BCUT2D eigenvalue weighted by atomic mass is 127. The van der Waals surface area contributed by atoms with Crippen LogP contribution in [0.4, 0.5) is 0 Å². The molecule has 98 valence electrons. The van der Waals surface area contributed by atoms with Crippen molar-refractivity contribution in [1.29, 1.82) is 0 Å². The van der Waals surface area contributed by atoms with Gasteiger partial charge in [0.2, 0.25) is 0 Å². The van der Waals surface area contributed by atoms with E-state index in [-0.39, 0.29) is 5.91 Å². The van der Waals surface area contributed by atoms with Crippen LogP contribution in [0.15, 0.2) is 6.20 Å². The highest BCUT2D eigenvalue weighted by Gasteiger charge is 2.38. The highest BCUT2D eigenvalue weighted by Crippen LogP contribution is 2.34. The van der Waals surface area contributed by atoms with Crippen LogP contribution in [-0.4, -0.2) is 46.2 Å². The maximum Gasteiger partial charge on any atom is 0.270 e. The average molecular weight is 360 g/mol. The first kappa shape index (κ1) is 12.4. The van der Waals surface area contributed by atoms with Crippen molar-refractivity contribution in [3.63, 3.8) is 0 Å². The van der Waals surface area contributed by atoms with Crippen molar-refractivity contribution in [1.82, 2.24) is 20.4 Å². The number of H-pyrrole nitrogens is 1. The van der Waals surface area contributed by atoms with Crippen molar-refractivity contribution in [2.75, 3.05) is 7.05 Å². The first-order valence-electron chi connectivity index (χ1n) is 6.37. The lowest BCUT2D eigenvalue weighted by molar-refractivity contribution is 0.0876. The van der Waals surface area contributed by atoms with E-state index < -0.39 is 0 Å². The van der Waals surface area contributed by atoms with E-state index in [1.165, 1.54) is 12.8 Å². The molecule has 0 saturated carbocycles. The van der Waals surface area contributed by atoms with E-state index in [4.69, 9.17) is 0 Å². The molecule has 18 heavy (non-hydrogen) atoms. The Morgan fingerprint density at radius 3 is 2.72 bits per heavy atom. The van der Waals surface area contributed by atoms with Crippen molar-refractivity contribution in [3.8, 4) is 0 Å². The van der Waals surface area contributed by atoms with Gasteiger partial charge in [-0.3, -0.25) is 9.89 Å². The Morgan fingerprint density at radius 2 is 2.17 bits per heavy atom. The van der Waals surface area contributed by atoms with Crippen LogP contribution >= 0.6 is 22.6 Å². The summed E-state index contributed by atoms with van der Waals surface area (Å²) in [7, 11) is 2.21. The van der Waals surface area contributed by atoms with E-state index in [0.29, 0.717) is 23.8 Å². The first-order chi connectivity index (χ1) is 8.65. The van der Waals surface area contributed by atoms with E-state index in [0.717, 1.165) is 16.4 Å². The second-order valence-corrected chi connectivity index (χ2v) is 6.45. The molecule has 2 aliphatic heterocycles. The van der Waals surface area contributed by atoms with Crippen LogP contribution in [0.5, 0.6) is 0 Å². The van der Waals surface area contributed by atoms with Gasteiger partial charge in [-0.15, -0.1) is 0 Å². The van der Waals surface area contributed by atoms with Crippen LogP contribution in [0.3, 0.4) is 0 Å². The number of nitrogens with one attached hydrogen (secondary N) is 2. The Bertz CT molecular complexity index is 447. The van der Waals surface area contributed by atoms with E-state index in [9.17, 15) is 4.79 Å². The van der Waals surface area contributed by atoms with Gasteiger partial charge in [0.1, 0.15) is 5.69 Å². The first-order valence-corrected chi connectivity index (χ1v) is 7.44. The summed E-state index contributed by atoms with van der Waals surface area (Å²) in [6.07, 6.45) is 6.37. The second kappa shape index (κ2) is 4.80. The molecule has 2 bridgehead atoms. The van der Waals surface area contributed by atoms with Gasteiger partial charge in [0, 0.05) is 18.1 Å². The molecule has 0 radical (unpaired) electrons. The number of hydrogen-bond donors (Lipinski definition) is 2. The van der Waals surface area contributed by atoms with E-state index in [1.807, 2.05) is 0 Å². The third-order valence-electron chi connectivity index (χ3n) is 4.25. The molecule has 1 aromatic heterocycles. The maximum atomic E-state index is 12.1. The molecule has 2 fully saturated rings. The zero-order valence-corrected chi connectivity index (χ0v) is 12.5. The highest BCUT2D eigenvalue weighted by molar-refractivity contribution is 14.1. The van der Waals surface area contributed by atoms with Crippen LogP contribution in [0.2, 0.25) is 0 Å². The molecular weight excluding hydrogens is 343 g/mol. The third kappa shape index (κ3) is 2.16. The van der Waals surface area contributed by atoms with Crippen molar-refractivity contribution in [2.24, 2.45) is 0 Å². The zero-order chi connectivity index (χ0) is 12.7. The van der Waals surface area contributed by atoms with Crippen LogP contribution in [-0.2, 0) is 0 Å². The van der Waals surface area contributed by atoms with Gasteiger partial charge in [-0.1, -0.05) is 0 Å². The minimum Gasteiger partial charge on any atom is -0.348 e. The quantitative estimate of drug-likeness (QED) is 0.784. The summed E-state index contributed by atoms with van der Waals surface area (Å²) in [6, 6.07) is 1.61. The molecule has 2 saturated heterocycles. The number of piperidine rings is 1. The number of rotatable bonds is 2. The third-order valence-corrected chi connectivity index (χ3v) is 5.07. The zero-order valence-electron chi connectivity index (χ0n) is 10.3. The number of fused-ring (bicyclic) bond motifs is 2. The van der Waals surface area contributed by atoms with Gasteiger partial charge in [0.15, 0.2) is 0 Å². The number of halogens is 1. The van der Waals surface area contributed by atoms with Gasteiger partial charge in [-0.05, 0) is 55.3 Å². The SMILES string of the molecule is CN1C2CCC1CC(NC(=O)c1[nH]ncc1I)C2. The number of nitrogens with zero attached hydrogens (tertiary/aromatic N) is 2. The van der Waals surface area contributed by atoms with Gasteiger partial charge in [0.25, 0.3) is 5.91 Å². The number of carbonyl (C=O) groups excluding carboxylic acids is 1. The molecule has 0 aromatic carbocycles. The Kier molecular flexibility index (Phi) is 3.31. The lowest BCUT2D eigenvalue weighted by Crippen LogP contribution is -2.48. The Labute approximate surface area is 120 Å². The van der Waals surface area contributed by atoms with Gasteiger partial charge in [0.05, 0.1) is 9.77 Å². The van der Waals surface area contributed by atoms with Crippen molar-refractivity contribution < 1.29 is 4.79 Å². The topological polar surface area (TPSA) is 61.0 Å². The van der Waals surface area contributed by atoms with E-state index in [1.54, 1.807) is 6.20 Å². The Morgan fingerprint density at radius 1 is 1.50 bits per heavy atom. The minimum absolute atomic E-state index is 0.0224. The van der Waals surface area contributed by atoms with Crippen LogP contribution in [0, 0.1) is 3.57 Å². The summed E-state index contributed by atoms with van der Waals surface area (Å²) in [4.78, 5) is 14.6. The van der Waals surface area contributed by atoms with E-state index in [2.05, 4.69) is 50.1 Å². The summed E-state index contributed by atoms with van der Waals surface area (Å²) < 4.78 is 0.876. The van der Waals surface area contributed by atoms with E-state index >= 15 is 0 Å². The molecule has 2 unspecified atom stereocenters. The number of carbonyl (C=O) groups is 1. The van der Waals surface area contributed by atoms with Gasteiger partial charge >= 0.3 is 0 Å². The normalized spacial score (nSPS) is 31.6. The summed E-state index contributed by atoms with van der Waals surface area (Å²) in [5.74, 6) is -0.0224. The van der Waals surface area contributed by atoms with Crippen molar-refractivity contribution >= 4 is 28.5 Å².